The van der Waals surface area contributed by atoms with Crippen molar-refractivity contribution in [3.05, 3.63) is 12.4 Å². The first-order chi connectivity index (χ1) is 6.11. The van der Waals surface area contributed by atoms with Crippen molar-refractivity contribution in [3.63, 3.8) is 0 Å². The number of nitrogens with zero attached hydrogens (tertiary/aromatic N) is 6. The second kappa shape index (κ2) is 3.88. The fourth-order valence-electron chi connectivity index (χ4n) is 0.926. The predicted molar refractivity (Wildman–Crippen MR) is 50.2 cm³/mol. The third kappa shape index (κ3) is 2.43. The molecule has 0 aromatic carbocycles. The average molecular weight is 182 g/mol. The highest BCUT2D eigenvalue weighted by Crippen LogP contribution is 1.90. The second-order valence-corrected chi connectivity index (χ2v) is 3.01. The van der Waals surface area contributed by atoms with E-state index in [1.807, 2.05) is 38.0 Å². The van der Waals surface area contributed by atoms with E-state index in [0.29, 0.717) is 0 Å². The van der Waals surface area contributed by atoms with E-state index < -0.39 is 0 Å². The molecule has 0 unspecified atom stereocenters. The molecule has 0 atom stereocenters. The number of guanidine groups is 1. The molecule has 0 radical (unpaired) electrons. The molecule has 0 aliphatic rings. The molecule has 0 saturated carbocycles. The topological polar surface area (TPSA) is 49.6 Å². The van der Waals surface area contributed by atoms with Gasteiger partial charge >= 0.3 is 0 Å². The zero-order valence-corrected chi connectivity index (χ0v) is 8.34. The van der Waals surface area contributed by atoms with Crippen molar-refractivity contribution in [3.8, 4) is 0 Å². The van der Waals surface area contributed by atoms with Crippen LogP contribution in [0.4, 0.5) is 0 Å². The molecule has 0 saturated heterocycles. The van der Waals surface area contributed by atoms with Gasteiger partial charge in [-0.1, -0.05) is 0 Å². The molecule has 0 aliphatic heterocycles. The van der Waals surface area contributed by atoms with Gasteiger partial charge in [-0.25, -0.2) is 0 Å². The summed E-state index contributed by atoms with van der Waals surface area (Å²) in [5, 5.41) is 11.6. The Labute approximate surface area is 77.4 Å². The Morgan fingerprint density at radius 2 is 1.85 bits per heavy atom. The smallest absolute Gasteiger partial charge is 0.220 e. The first-order valence-corrected chi connectivity index (χ1v) is 3.91. The molecule has 0 spiro atoms. The van der Waals surface area contributed by atoms with E-state index in [2.05, 4.69) is 15.4 Å². The van der Waals surface area contributed by atoms with Crippen LogP contribution in [0, 0.1) is 0 Å². The Bertz CT molecular complexity index is 263. The fraction of sp³-hybridized carbons (Fsp3) is 0.571. The molecule has 0 N–H and O–H groups in total. The van der Waals surface area contributed by atoms with Crippen molar-refractivity contribution in [2.45, 2.75) is 0 Å². The van der Waals surface area contributed by atoms with Crippen LogP contribution < -0.4 is 0 Å². The molecular weight excluding hydrogens is 168 g/mol. The molecule has 0 fully saturated rings. The van der Waals surface area contributed by atoms with Crippen LogP contribution in [-0.4, -0.2) is 59.1 Å². The molecule has 6 heteroatoms. The minimum Gasteiger partial charge on any atom is -0.347 e. The molecule has 13 heavy (non-hydrogen) atoms. The maximum atomic E-state index is 4.23. The average Bonchev–Trinajstić information content (AvgIpc) is 2.50. The van der Waals surface area contributed by atoms with Crippen LogP contribution in [0.15, 0.2) is 17.5 Å². The molecule has 6 nitrogen and oxygen atoms in total. The Morgan fingerprint density at radius 3 is 2.23 bits per heavy atom. The third-order valence-electron chi connectivity index (χ3n) is 1.40. The van der Waals surface area contributed by atoms with Crippen molar-refractivity contribution < 1.29 is 0 Å². The highest BCUT2D eigenvalue weighted by atomic mass is 15.6. The van der Waals surface area contributed by atoms with Crippen LogP contribution >= 0.6 is 0 Å². The van der Waals surface area contributed by atoms with Crippen molar-refractivity contribution >= 4 is 5.96 Å². The molecule has 72 valence electrons. The number of hydrogen-bond acceptors (Lipinski definition) is 3. The first kappa shape index (κ1) is 9.50. The minimum atomic E-state index is 0.811. The zero-order chi connectivity index (χ0) is 9.84. The molecule has 1 aromatic rings. The van der Waals surface area contributed by atoms with Gasteiger partial charge in [0.25, 0.3) is 0 Å². The molecule has 0 bridgehead atoms. The van der Waals surface area contributed by atoms with Gasteiger partial charge in [0.05, 0.1) is 12.4 Å². The lowest BCUT2D eigenvalue weighted by molar-refractivity contribution is 0.468. The van der Waals surface area contributed by atoms with E-state index in [1.165, 1.54) is 4.79 Å². The summed E-state index contributed by atoms with van der Waals surface area (Å²) in [6, 6.07) is 0. The maximum Gasteiger partial charge on any atom is 0.220 e. The van der Waals surface area contributed by atoms with Gasteiger partial charge in [-0.05, 0) is 5.21 Å². The van der Waals surface area contributed by atoms with E-state index >= 15 is 0 Å². The quantitative estimate of drug-likeness (QED) is 0.435. The van der Waals surface area contributed by atoms with Gasteiger partial charge in [0.15, 0.2) is 0 Å². The summed E-state index contributed by atoms with van der Waals surface area (Å²) in [6.45, 7) is 0. The van der Waals surface area contributed by atoms with E-state index in [4.69, 9.17) is 0 Å². The summed E-state index contributed by atoms with van der Waals surface area (Å²) in [7, 11) is 7.71. The van der Waals surface area contributed by atoms with E-state index in [-0.39, 0.29) is 0 Å². The van der Waals surface area contributed by atoms with Gasteiger partial charge in [0.1, 0.15) is 0 Å². The Balaban J connectivity index is 2.87. The van der Waals surface area contributed by atoms with Crippen LogP contribution in [0.5, 0.6) is 0 Å². The molecular formula is C7H14N6. The van der Waals surface area contributed by atoms with Gasteiger partial charge in [0.2, 0.25) is 5.96 Å². The van der Waals surface area contributed by atoms with Gasteiger partial charge in [-0.2, -0.15) is 0 Å². The van der Waals surface area contributed by atoms with E-state index in [9.17, 15) is 0 Å². The highest BCUT2D eigenvalue weighted by molar-refractivity contribution is 5.78. The van der Waals surface area contributed by atoms with Gasteiger partial charge < -0.3 is 9.80 Å². The van der Waals surface area contributed by atoms with Crippen LogP contribution in [0.1, 0.15) is 0 Å². The molecule has 0 aliphatic carbocycles. The summed E-state index contributed by atoms with van der Waals surface area (Å²) in [5.41, 5.74) is 0. The lowest BCUT2D eigenvalue weighted by atomic mass is 10.7. The molecule has 0 amide bonds. The van der Waals surface area contributed by atoms with E-state index in [0.717, 1.165) is 5.96 Å². The van der Waals surface area contributed by atoms with Crippen molar-refractivity contribution in [1.29, 1.82) is 0 Å². The maximum absolute atomic E-state index is 4.23. The number of hydrogen-bond donors (Lipinski definition) is 0. The van der Waals surface area contributed by atoms with Crippen LogP contribution in [0.3, 0.4) is 0 Å². The van der Waals surface area contributed by atoms with Crippen LogP contribution in [0.2, 0.25) is 0 Å². The normalized spacial score (nSPS) is 9.54. The minimum absolute atomic E-state index is 0.811. The van der Waals surface area contributed by atoms with Gasteiger partial charge in [0, 0.05) is 28.2 Å². The Morgan fingerprint density at radius 1 is 1.23 bits per heavy atom. The molecule has 1 heterocycles. The van der Waals surface area contributed by atoms with Crippen LogP contribution in [0.25, 0.3) is 0 Å². The van der Waals surface area contributed by atoms with Gasteiger partial charge in [-0.3, -0.25) is 0 Å². The lowest BCUT2D eigenvalue weighted by Gasteiger charge is -2.21. The van der Waals surface area contributed by atoms with E-state index in [1.54, 1.807) is 12.4 Å². The Hall–Kier alpha value is -1.59. The summed E-state index contributed by atoms with van der Waals surface area (Å²) < 4.78 is 0. The lowest BCUT2D eigenvalue weighted by Crippen LogP contribution is -2.36. The van der Waals surface area contributed by atoms with Crippen molar-refractivity contribution in [1.82, 2.24) is 24.9 Å². The van der Waals surface area contributed by atoms with Crippen LogP contribution in [-0.2, 0) is 0 Å². The number of aromatic nitrogens is 3. The Kier molecular flexibility index (Phi) is 2.84. The first-order valence-electron chi connectivity index (χ1n) is 3.91. The number of rotatable bonds is 1. The summed E-state index contributed by atoms with van der Waals surface area (Å²) in [5.74, 6) is 0.811. The molecule has 1 aromatic heterocycles. The largest absolute Gasteiger partial charge is 0.347 e. The monoisotopic (exact) mass is 182 g/mol. The fourth-order valence-corrected chi connectivity index (χ4v) is 0.926. The summed E-state index contributed by atoms with van der Waals surface area (Å²) >= 11 is 0. The SMILES string of the molecule is CN(C)C(=Nn1ccnn1)N(C)C. The van der Waals surface area contributed by atoms with Crippen molar-refractivity contribution in [2.24, 2.45) is 5.10 Å². The molecule has 1 rings (SSSR count). The summed E-state index contributed by atoms with van der Waals surface area (Å²) in [4.78, 5) is 5.23. The van der Waals surface area contributed by atoms with Gasteiger partial charge in [-0.15, -0.1) is 15.0 Å². The zero-order valence-electron chi connectivity index (χ0n) is 8.34. The summed E-state index contributed by atoms with van der Waals surface area (Å²) in [6.07, 6.45) is 3.28. The predicted octanol–water partition coefficient (Wildman–Crippen LogP) is -0.480. The third-order valence-corrected chi connectivity index (χ3v) is 1.40. The second-order valence-electron chi connectivity index (χ2n) is 3.01. The standard InChI is InChI=1S/C7H14N6/c1-11(2)7(12(3)4)9-13-6-5-8-10-13/h5-6H,1-4H3. The van der Waals surface area contributed by atoms with Crippen molar-refractivity contribution in [2.75, 3.05) is 28.2 Å². The highest BCUT2D eigenvalue weighted by Gasteiger charge is 2.04.